The summed E-state index contributed by atoms with van der Waals surface area (Å²) >= 11 is 3.39. The molecule has 1 aliphatic carbocycles. The number of rotatable bonds is 4. The Balaban J connectivity index is 1.60. The summed E-state index contributed by atoms with van der Waals surface area (Å²) in [4.78, 5) is 0. The topological polar surface area (TPSA) is 21.3 Å². The zero-order valence-electron chi connectivity index (χ0n) is 11.8. The minimum atomic E-state index is -0.211. The third-order valence-corrected chi connectivity index (χ3v) is 4.70. The molecule has 1 N–H and O–H groups in total. The average Bonchev–Trinajstić information content (AvgIpc) is 2.45. The highest BCUT2D eigenvalue weighted by Crippen LogP contribution is 2.40. The number of nitrogens with one attached hydrogen (secondary N) is 1. The van der Waals surface area contributed by atoms with E-state index in [1.165, 1.54) is 11.6 Å². The molecule has 0 unspecified atom stereocenters. The van der Waals surface area contributed by atoms with Crippen molar-refractivity contribution >= 4 is 21.6 Å². The Kier molecular flexibility index (Phi) is 4.15. The number of benzene rings is 2. The number of methoxy groups -OCH3 is 1. The van der Waals surface area contributed by atoms with E-state index in [4.69, 9.17) is 4.74 Å². The van der Waals surface area contributed by atoms with Crippen LogP contribution in [0.3, 0.4) is 0 Å². The molecule has 2 nitrogen and oxygen atoms in total. The predicted molar refractivity (Wildman–Crippen MR) is 86.5 cm³/mol. The normalized spacial score (nSPS) is 20.7. The third kappa shape index (κ3) is 3.05. The van der Waals surface area contributed by atoms with Crippen LogP contribution in [0.2, 0.25) is 0 Å². The maximum Gasteiger partial charge on any atom is 0.147 e. The van der Waals surface area contributed by atoms with Crippen molar-refractivity contribution in [2.75, 3.05) is 12.4 Å². The van der Waals surface area contributed by atoms with Crippen LogP contribution in [0.5, 0.6) is 5.75 Å². The molecular weight excluding hydrogens is 333 g/mol. The number of halogens is 2. The van der Waals surface area contributed by atoms with Crippen molar-refractivity contribution in [1.82, 2.24) is 0 Å². The van der Waals surface area contributed by atoms with Gasteiger partial charge in [0.15, 0.2) is 0 Å². The fourth-order valence-corrected chi connectivity index (χ4v) is 3.18. The highest BCUT2D eigenvalue weighted by molar-refractivity contribution is 9.10. The second-order valence-corrected chi connectivity index (χ2v) is 6.23. The van der Waals surface area contributed by atoms with Crippen LogP contribution in [0.1, 0.15) is 24.3 Å². The molecule has 1 saturated carbocycles. The van der Waals surface area contributed by atoms with Crippen LogP contribution in [-0.4, -0.2) is 13.2 Å². The molecule has 0 aliphatic heterocycles. The molecule has 21 heavy (non-hydrogen) atoms. The van der Waals surface area contributed by atoms with Crippen LogP contribution in [-0.2, 0) is 0 Å². The number of hydrogen-bond donors (Lipinski definition) is 1. The SMILES string of the molecule is COc1ccc(C2CC(Nc3c(F)cccc3Br)C2)cc1. The van der Waals surface area contributed by atoms with Crippen molar-refractivity contribution in [3.8, 4) is 5.75 Å². The Morgan fingerprint density at radius 3 is 2.48 bits per heavy atom. The Morgan fingerprint density at radius 1 is 1.14 bits per heavy atom. The van der Waals surface area contributed by atoms with Crippen LogP contribution in [0, 0.1) is 5.82 Å². The van der Waals surface area contributed by atoms with Gasteiger partial charge in [0.1, 0.15) is 11.6 Å². The maximum atomic E-state index is 13.8. The Hall–Kier alpha value is -1.55. The molecule has 0 heterocycles. The summed E-state index contributed by atoms with van der Waals surface area (Å²) in [7, 11) is 1.67. The Bertz CT molecular complexity index is 603. The van der Waals surface area contributed by atoms with Crippen LogP contribution in [0.15, 0.2) is 46.9 Å². The average molecular weight is 350 g/mol. The monoisotopic (exact) mass is 349 g/mol. The summed E-state index contributed by atoms with van der Waals surface area (Å²) in [6.45, 7) is 0. The molecule has 2 aromatic rings. The number of para-hydroxylation sites is 1. The van der Waals surface area contributed by atoms with E-state index >= 15 is 0 Å². The second kappa shape index (κ2) is 6.06. The zero-order chi connectivity index (χ0) is 14.8. The van der Waals surface area contributed by atoms with Gasteiger partial charge in [0.2, 0.25) is 0 Å². The molecule has 110 valence electrons. The lowest BCUT2D eigenvalue weighted by atomic mass is 9.76. The highest BCUT2D eigenvalue weighted by atomic mass is 79.9. The summed E-state index contributed by atoms with van der Waals surface area (Å²) in [5.74, 6) is 1.21. The molecule has 3 rings (SSSR count). The summed E-state index contributed by atoms with van der Waals surface area (Å²) < 4.78 is 19.7. The van der Waals surface area contributed by atoms with Crippen molar-refractivity contribution in [2.24, 2.45) is 0 Å². The van der Waals surface area contributed by atoms with Gasteiger partial charge < -0.3 is 10.1 Å². The van der Waals surface area contributed by atoms with Crippen LogP contribution >= 0.6 is 15.9 Å². The van der Waals surface area contributed by atoms with Gasteiger partial charge in [0.05, 0.1) is 12.8 Å². The largest absolute Gasteiger partial charge is 0.497 e. The lowest BCUT2D eigenvalue weighted by Gasteiger charge is -2.37. The molecule has 1 aliphatic rings. The van der Waals surface area contributed by atoms with Crippen LogP contribution in [0.25, 0.3) is 0 Å². The van der Waals surface area contributed by atoms with Crippen LogP contribution in [0.4, 0.5) is 10.1 Å². The highest BCUT2D eigenvalue weighted by Gasteiger charge is 2.31. The minimum absolute atomic E-state index is 0.211. The van der Waals surface area contributed by atoms with Gasteiger partial charge in [0, 0.05) is 10.5 Å². The fraction of sp³-hybridized carbons (Fsp3) is 0.294. The van der Waals surface area contributed by atoms with E-state index in [1.54, 1.807) is 13.2 Å². The Morgan fingerprint density at radius 2 is 1.86 bits per heavy atom. The molecule has 0 radical (unpaired) electrons. The van der Waals surface area contributed by atoms with E-state index in [9.17, 15) is 4.39 Å². The lowest BCUT2D eigenvalue weighted by molar-refractivity contribution is 0.371. The molecule has 0 atom stereocenters. The fourth-order valence-electron chi connectivity index (χ4n) is 2.72. The molecule has 0 aromatic heterocycles. The molecule has 0 spiro atoms. The van der Waals surface area contributed by atoms with Gasteiger partial charge in [-0.3, -0.25) is 0 Å². The number of hydrogen-bond acceptors (Lipinski definition) is 2. The second-order valence-electron chi connectivity index (χ2n) is 5.38. The molecule has 0 bridgehead atoms. The van der Waals surface area contributed by atoms with Gasteiger partial charge in [-0.15, -0.1) is 0 Å². The first kappa shape index (κ1) is 14.4. The number of anilines is 1. The van der Waals surface area contributed by atoms with E-state index in [-0.39, 0.29) is 5.82 Å². The summed E-state index contributed by atoms with van der Waals surface area (Å²) in [6, 6.07) is 13.6. The van der Waals surface area contributed by atoms with Crippen molar-refractivity contribution < 1.29 is 9.13 Å². The van der Waals surface area contributed by atoms with Crippen LogP contribution < -0.4 is 10.1 Å². The molecule has 1 fully saturated rings. The van der Waals surface area contributed by atoms with E-state index in [0.717, 1.165) is 23.1 Å². The first-order valence-electron chi connectivity index (χ1n) is 7.02. The molecule has 2 aromatic carbocycles. The quantitative estimate of drug-likeness (QED) is 0.842. The van der Waals surface area contributed by atoms with E-state index < -0.39 is 0 Å². The Labute approximate surface area is 132 Å². The lowest BCUT2D eigenvalue weighted by Crippen LogP contribution is -2.34. The third-order valence-electron chi connectivity index (χ3n) is 4.04. The molecule has 0 saturated heterocycles. The first-order valence-corrected chi connectivity index (χ1v) is 7.81. The maximum absolute atomic E-state index is 13.8. The van der Waals surface area contributed by atoms with Gasteiger partial charge in [-0.1, -0.05) is 18.2 Å². The molecular formula is C17H17BrFNO. The molecule has 0 amide bonds. The van der Waals surface area contributed by atoms with Crippen molar-refractivity contribution in [3.05, 3.63) is 58.3 Å². The van der Waals surface area contributed by atoms with Crippen molar-refractivity contribution in [3.63, 3.8) is 0 Å². The summed E-state index contributed by atoms with van der Waals surface area (Å²) in [5.41, 5.74) is 1.89. The molecule has 4 heteroatoms. The van der Waals surface area contributed by atoms with E-state index in [2.05, 4.69) is 33.4 Å². The smallest absolute Gasteiger partial charge is 0.147 e. The minimum Gasteiger partial charge on any atom is -0.497 e. The predicted octanol–water partition coefficient (Wildman–Crippen LogP) is 4.95. The summed E-state index contributed by atoms with van der Waals surface area (Å²) in [5, 5.41) is 3.29. The van der Waals surface area contributed by atoms with Gasteiger partial charge >= 0.3 is 0 Å². The van der Waals surface area contributed by atoms with Crippen molar-refractivity contribution in [1.29, 1.82) is 0 Å². The number of ether oxygens (including phenoxy) is 1. The van der Waals surface area contributed by atoms with Crippen molar-refractivity contribution in [2.45, 2.75) is 24.8 Å². The van der Waals surface area contributed by atoms with E-state index in [1.807, 2.05) is 18.2 Å². The standard InChI is InChI=1S/C17H17BrFNO/c1-21-14-7-5-11(6-8-14)12-9-13(10-12)20-17-15(18)3-2-4-16(17)19/h2-8,12-13,20H,9-10H2,1H3. The van der Waals surface area contributed by atoms with Gasteiger partial charge in [-0.2, -0.15) is 0 Å². The first-order chi connectivity index (χ1) is 10.2. The summed E-state index contributed by atoms with van der Waals surface area (Å²) in [6.07, 6.45) is 2.04. The van der Waals surface area contributed by atoms with Gasteiger partial charge in [0.25, 0.3) is 0 Å². The van der Waals surface area contributed by atoms with Gasteiger partial charge in [-0.05, 0) is 64.5 Å². The van der Waals surface area contributed by atoms with Gasteiger partial charge in [-0.25, -0.2) is 4.39 Å². The van der Waals surface area contributed by atoms with E-state index in [0.29, 0.717) is 17.6 Å². The zero-order valence-corrected chi connectivity index (χ0v) is 13.4.